The van der Waals surface area contributed by atoms with E-state index in [1.807, 2.05) is 0 Å². The molecule has 2 saturated heterocycles. The van der Waals surface area contributed by atoms with E-state index in [1.54, 1.807) is 0 Å². The molecule has 2 fully saturated rings. The highest BCUT2D eigenvalue weighted by Crippen LogP contribution is 2.70. The fourth-order valence-corrected chi connectivity index (χ4v) is 5.77. The summed E-state index contributed by atoms with van der Waals surface area (Å²) in [4.78, 5) is 0. The molecule has 0 bridgehead atoms. The molecule has 4 atom stereocenters. The molecule has 0 spiro atoms. The van der Waals surface area contributed by atoms with Crippen LogP contribution in [0, 0.1) is 21.7 Å². The van der Waals surface area contributed by atoms with E-state index in [1.165, 1.54) is 48.5 Å². The van der Waals surface area contributed by atoms with Crippen molar-refractivity contribution in [2.45, 2.75) is 136 Å². The van der Waals surface area contributed by atoms with Crippen LogP contribution in [-0.2, 0) is 18.9 Å². The number of ether oxygens (including phenoxy) is 4. The van der Waals surface area contributed by atoms with Gasteiger partial charge in [0.25, 0.3) is 0 Å². The van der Waals surface area contributed by atoms with Gasteiger partial charge in [-0.3, -0.25) is 9.47 Å². The van der Waals surface area contributed by atoms with Crippen LogP contribution in [0.4, 0.5) is 52.7 Å². The summed E-state index contributed by atoms with van der Waals surface area (Å²) >= 11 is 0. The average Bonchev–Trinajstić information content (AvgIpc) is 3.15. The molecule has 0 radical (unpaired) electrons. The molecule has 0 aromatic rings. The predicted molar refractivity (Wildman–Crippen MR) is 128 cm³/mol. The summed E-state index contributed by atoms with van der Waals surface area (Å²) in [5.41, 5.74) is -1.83. The van der Waals surface area contributed by atoms with Gasteiger partial charge >= 0.3 is 36.3 Å². The summed E-state index contributed by atoms with van der Waals surface area (Å²) in [5.74, 6) is -18.7. The minimum absolute atomic E-state index is 0.165. The summed E-state index contributed by atoms with van der Waals surface area (Å²) in [6.07, 6.45) is -26.5. The molecule has 4 unspecified atom stereocenters. The molecule has 2 aliphatic heterocycles. The highest BCUT2D eigenvalue weighted by molar-refractivity contribution is 5.15. The number of nitrogens with two attached hydrogens (primary N) is 1. The van der Waals surface area contributed by atoms with Gasteiger partial charge in [0.15, 0.2) is 11.6 Å². The highest BCUT2D eigenvalue weighted by atomic mass is 19.4. The van der Waals surface area contributed by atoms with Crippen LogP contribution in [-0.4, -0.2) is 54.4 Å². The molecule has 0 saturated carbocycles. The van der Waals surface area contributed by atoms with Crippen LogP contribution in [0.2, 0.25) is 0 Å². The van der Waals surface area contributed by atoms with Crippen LogP contribution < -0.4 is 5.73 Å². The Bertz CT molecular complexity index is 999. The SMILES string of the molecule is CCC(C)(C)C1(CC(C)(CC)C(C)(CN)C2(CC(C)(C)C)OC(F)(C(F)(F)F)C(F)(C(F)(F)F)O2)OC(F)(F)C(F)(F)O1. The molecule has 2 heterocycles. The highest BCUT2D eigenvalue weighted by Gasteiger charge is 2.91. The minimum Gasteiger partial charge on any atom is -0.330 e. The molecule has 0 aromatic heterocycles. The van der Waals surface area contributed by atoms with Crippen molar-refractivity contribution in [1.29, 1.82) is 0 Å². The summed E-state index contributed by atoms with van der Waals surface area (Å²) in [7, 11) is 0. The van der Waals surface area contributed by atoms with Crippen LogP contribution in [0.15, 0.2) is 0 Å². The lowest BCUT2D eigenvalue weighted by atomic mass is 9.53. The normalized spacial score (nSPS) is 34.2. The molecular formula is C26H39F12NO4. The molecule has 2 rings (SSSR count). The second-order valence-corrected chi connectivity index (χ2v) is 13.7. The van der Waals surface area contributed by atoms with Crippen LogP contribution in [0.3, 0.4) is 0 Å². The lowest BCUT2D eigenvalue weighted by Gasteiger charge is -2.58. The quantitative estimate of drug-likeness (QED) is 0.251. The van der Waals surface area contributed by atoms with Gasteiger partial charge in [-0.1, -0.05) is 62.3 Å². The Morgan fingerprint density at radius 1 is 0.558 bits per heavy atom. The zero-order valence-electron chi connectivity index (χ0n) is 25.3. The molecule has 0 aromatic carbocycles. The molecule has 0 amide bonds. The largest absolute Gasteiger partial charge is 0.455 e. The third-order valence-electron chi connectivity index (χ3n) is 9.34. The summed E-state index contributed by atoms with van der Waals surface area (Å²) in [6.45, 7) is 9.90. The smallest absolute Gasteiger partial charge is 0.330 e. The van der Waals surface area contributed by atoms with Crippen LogP contribution >= 0.6 is 0 Å². The van der Waals surface area contributed by atoms with E-state index in [0.717, 1.165) is 13.8 Å². The van der Waals surface area contributed by atoms with Crippen molar-refractivity contribution in [3.63, 3.8) is 0 Å². The Balaban J connectivity index is 2.99. The molecule has 43 heavy (non-hydrogen) atoms. The Labute approximate surface area is 242 Å². The zero-order chi connectivity index (χ0) is 34.4. The van der Waals surface area contributed by atoms with Gasteiger partial charge in [0.05, 0.1) is 0 Å². The van der Waals surface area contributed by atoms with Crippen LogP contribution in [0.1, 0.15) is 88.0 Å². The summed E-state index contributed by atoms with van der Waals surface area (Å²) < 4.78 is 192. The van der Waals surface area contributed by atoms with Gasteiger partial charge in [0.1, 0.15) is 0 Å². The summed E-state index contributed by atoms with van der Waals surface area (Å²) in [5, 5.41) is 0. The average molecular weight is 658 g/mol. The van der Waals surface area contributed by atoms with Crippen molar-refractivity contribution in [2.24, 2.45) is 27.4 Å². The van der Waals surface area contributed by atoms with Crippen molar-refractivity contribution >= 4 is 0 Å². The van der Waals surface area contributed by atoms with Crippen molar-refractivity contribution in [3.8, 4) is 0 Å². The van der Waals surface area contributed by atoms with Gasteiger partial charge in [-0.15, -0.1) is 0 Å². The molecule has 256 valence electrons. The van der Waals surface area contributed by atoms with E-state index in [-0.39, 0.29) is 6.42 Å². The topological polar surface area (TPSA) is 62.9 Å². The number of rotatable bonds is 9. The lowest BCUT2D eigenvalue weighted by molar-refractivity contribution is -0.422. The maximum absolute atomic E-state index is 15.7. The van der Waals surface area contributed by atoms with Crippen LogP contribution in [0.5, 0.6) is 0 Å². The van der Waals surface area contributed by atoms with Crippen molar-refractivity contribution in [2.75, 3.05) is 6.54 Å². The van der Waals surface area contributed by atoms with Crippen molar-refractivity contribution < 1.29 is 71.6 Å². The van der Waals surface area contributed by atoms with Gasteiger partial charge in [-0.05, 0) is 23.7 Å². The second-order valence-electron chi connectivity index (χ2n) is 13.7. The monoisotopic (exact) mass is 657 g/mol. The first kappa shape index (κ1) is 38.1. The Morgan fingerprint density at radius 2 is 0.930 bits per heavy atom. The van der Waals surface area contributed by atoms with Crippen molar-refractivity contribution in [3.05, 3.63) is 0 Å². The number of hydrogen-bond donors (Lipinski definition) is 1. The van der Waals surface area contributed by atoms with E-state index in [9.17, 15) is 43.9 Å². The third kappa shape index (κ3) is 5.43. The minimum atomic E-state index is -6.66. The van der Waals surface area contributed by atoms with E-state index >= 15 is 8.78 Å². The first-order valence-corrected chi connectivity index (χ1v) is 13.4. The maximum atomic E-state index is 15.7. The van der Waals surface area contributed by atoms with Gasteiger partial charge < -0.3 is 15.2 Å². The Morgan fingerprint density at radius 3 is 1.19 bits per heavy atom. The molecule has 2 N–H and O–H groups in total. The predicted octanol–water partition coefficient (Wildman–Crippen LogP) is 8.76. The van der Waals surface area contributed by atoms with E-state index in [2.05, 4.69) is 18.9 Å². The van der Waals surface area contributed by atoms with Gasteiger partial charge in [-0.2, -0.15) is 52.7 Å². The number of hydrogen-bond acceptors (Lipinski definition) is 5. The Hall–Kier alpha value is -1.04. The molecule has 5 nitrogen and oxygen atoms in total. The second kappa shape index (κ2) is 10.2. The van der Waals surface area contributed by atoms with Gasteiger partial charge in [-0.25, -0.2) is 0 Å². The van der Waals surface area contributed by atoms with Crippen LogP contribution in [0.25, 0.3) is 0 Å². The van der Waals surface area contributed by atoms with E-state index in [4.69, 9.17) is 5.73 Å². The molecule has 0 aliphatic carbocycles. The molecule has 17 heteroatoms. The third-order valence-corrected chi connectivity index (χ3v) is 9.34. The first-order chi connectivity index (χ1) is 18.7. The Kier molecular flexibility index (Phi) is 9.07. The van der Waals surface area contributed by atoms with E-state index < -0.39 is 95.3 Å². The molecule has 2 aliphatic rings. The fourth-order valence-electron chi connectivity index (χ4n) is 5.77. The number of halogens is 12. The maximum Gasteiger partial charge on any atom is 0.455 e. The van der Waals surface area contributed by atoms with E-state index in [0.29, 0.717) is 0 Å². The molecular weight excluding hydrogens is 618 g/mol. The fraction of sp³-hybridized carbons (Fsp3) is 1.00. The lowest BCUT2D eigenvalue weighted by Crippen LogP contribution is -2.64. The number of alkyl halides is 12. The van der Waals surface area contributed by atoms with Gasteiger partial charge in [0, 0.05) is 30.2 Å². The standard InChI is InChI=1S/C26H39F12NO4/c1-10-16(6,7)19(42-25(35,36)26(37,38)43-19)13-17(8,11-2)18(9,14-39)20(12-15(3,4)5)40-21(27,23(29,30)31)22(28,41-20)24(32,33)34/h10-14,39H2,1-9H3. The van der Waals surface area contributed by atoms with Gasteiger partial charge in [0.2, 0.25) is 0 Å². The van der Waals surface area contributed by atoms with Crippen molar-refractivity contribution in [1.82, 2.24) is 0 Å². The summed E-state index contributed by atoms with van der Waals surface area (Å²) in [6, 6.07) is 0. The zero-order valence-corrected chi connectivity index (χ0v) is 25.3. The first-order valence-electron chi connectivity index (χ1n) is 13.4.